The van der Waals surface area contributed by atoms with Gasteiger partial charge in [-0.2, -0.15) is 0 Å². The first-order valence-corrected chi connectivity index (χ1v) is 10.3. The van der Waals surface area contributed by atoms with Crippen LogP contribution in [0.15, 0.2) is 72.8 Å². The molecule has 4 rings (SSSR count). The van der Waals surface area contributed by atoms with E-state index in [4.69, 9.17) is 4.98 Å². The summed E-state index contributed by atoms with van der Waals surface area (Å²) in [6.07, 6.45) is 0. The lowest BCUT2D eigenvalue weighted by Gasteiger charge is -2.20. The second kappa shape index (κ2) is 6.88. The molecule has 0 unspecified atom stereocenters. The molecule has 0 radical (unpaired) electrons. The molecule has 148 valence electrons. The van der Waals surface area contributed by atoms with Crippen molar-refractivity contribution in [3.05, 3.63) is 83.9 Å². The molecule has 0 bridgehead atoms. The van der Waals surface area contributed by atoms with Gasteiger partial charge in [0.2, 0.25) is 0 Å². The summed E-state index contributed by atoms with van der Waals surface area (Å²) in [5, 5.41) is 0. The van der Waals surface area contributed by atoms with Crippen molar-refractivity contribution in [2.45, 2.75) is 52.4 Å². The highest BCUT2D eigenvalue weighted by Crippen LogP contribution is 2.31. The van der Waals surface area contributed by atoms with Gasteiger partial charge in [0, 0.05) is 11.3 Å². The van der Waals surface area contributed by atoms with Crippen LogP contribution in [0.3, 0.4) is 0 Å². The number of aromatic nitrogens is 2. The molecule has 0 aliphatic carbocycles. The fourth-order valence-electron chi connectivity index (χ4n) is 3.71. The van der Waals surface area contributed by atoms with E-state index < -0.39 is 0 Å². The topological polar surface area (TPSA) is 17.8 Å². The van der Waals surface area contributed by atoms with Crippen LogP contribution in [0.4, 0.5) is 0 Å². The second-order valence-electron chi connectivity index (χ2n) is 9.88. The average Bonchev–Trinajstić information content (AvgIpc) is 3.06. The second-order valence-corrected chi connectivity index (χ2v) is 9.88. The Morgan fingerprint density at radius 1 is 0.621 bits per heavy atom. The lowest BCUT2D eigenvalue weighted by molar-refractivity contribution is 0.590. The fourth-order valence-corrected chi connectivity index (χ4v) is 3.71. The van der Waals surface area contributed by atoms with Crippen molar-refractivity contribution >= 4 is 11.0 Å². The van der Waals surface area contributed by atoms with Crippen molar-refractivity contribution in [2.75, 3.05) is 0 Å². The molecule has 0 atom stereocenters. The van der Waals surface area contributed by atoms with Crippen LogP contribution in [0.1, 0.15) is 52.7 Å². The van der Waals surface area contributed by atoms with E-state index in [2.05, 4.69) is 119 Å². The van der Waals surface area contributed by atoms with Gasteiger partial charge in [0.15, 0.2) is 0 Å². The predicted molar refractivity (Wildman–Crippen MR) is 124 cm³/mol. The van der Waals surface area contributed by atoms with Crippen LogP contribution in [0, 0.1) is 0 Å². The maximum absolute atomic E-state index is 4.99. The molecule has 0 saturated carbocycles. The van der Waals surface area contributed by atoms with Crippen molar-refractivity contribution < 1.29 is 0 Å². The molecule has 0 aliphatic heterocycles. The summed E-state index contributed by atoms with van der Waals surface area (Å²) in [5.74, 6) is 0.982. The number of nitrogens with zero attached hydrogens (tertiary/aromatic N) is 2. The summed E-state index contributed by atoms with van der Waals surface area (Å²) in [5.41, 5.74) is 7.37. The van der Waals surface area contributed by atoms with Gasteiger partial charge in [0.25, 0.3) is 0 Å². The van der Waals surface area contributed by atoms with E-state index >= 15 is 0 Å². The summed E-state index contributed by atoms with van der Waals surface area (Å²) in [6, 6.07) is 26.1. The van der Waals surface area contributed by atoms with Gasteiger partial charge in [-0.1, -0.05) is 90.1 Å². The minimum Gasteiger partial charge on any atom is -0.292 e. The highest BCUT2D eigenvalue weighted by molar-refractivity contribution is 5.83. The molecule has 0 N–H and O–H groups in total. The summed E-state index contributed by atoms with van der Waals surface area (Å²) in [6.45, 7) is 13.5. The first-order chi connectivity index (χ1) is 13.6. The molecule has 3 aromatic carbocycles. The highest BCUT2D eigenvalue weighted by Gasteiger charge is 2.18. The van der Waals surface area contributed by atoms with Gasteiger partial charge in [-0.05, 0) is 46.2 Å². The van der Waals surface area contributed by atoms with Gasteiger partial charge >= 0.3 is 0 Å². The lowest BCUT2D eigenvalue weighted by atomic mass is 9.86. The first-order valence-electron chi connectivity index (χ1n) is 10.3. The molecule has 29 heavy (non-hydrogen) atoms. The SMILES string of the molecule is CC(C)(C)c1ccc(-c2nc3ccccc3n2-c2ccc(C(C)(C)C)cc2)cc1. The van der Waals surface area contributed by atoms with Crippen LogP contribution in [0.25, 0.3) is 28.1 Å². The normalized spacial score (nSPS) is 12.5. The third-order valence-electron chi connectivity index (χ3n) is 5.56. The van der Waals surface area contributed by atoms with Crippen LogP contribution in [0.2, 0.25) is 0 Å². The molecule has 0 aliphatic rings. The van der Waals surface area contributed by atoms with E-state index in [0.29, 0.717) is 0 Å². The Hall–Kier alpha value is -2.87. The van der Waals surface area contributed by atoms with Gasteiger partial charge in [0.05, 0.1) is 11.0 Å². The predicted octanol–water partition coefficient (Wildman–Crippen LogP) is 7.29. The van der Waals surface area contributed by atoms with Crippen molar-refractivity contribution in [3.8, 4) is 17.1 Å². The van der Waals surface area contributed by atoms with Crippen LogP contribution in [0.5, 0.6) is 0 Å². The number of hydrogen-bond acceptors (Lipinski definition) is 1. The maximum Gasteiger partial charge on any atom is 0.145 e. The smallest absolute Gasteiger partial charge is 0.145 e. The van der Waals surface area contributed by atoms with Gasteiger partial charge in [-0.25, -0.2) is 4.98 Å². The Kier molecular flexibility index (Phi) is 4.61. The zero-order valence-corrected chi connectivity index (χ0v) is 18.3. The Morgan fingerprint density at radius 2 is 1.14 bits per heavy atom. The summed E-state index contributed by atoms with van der Waals surface area (Å²) < 4.78 is 2.27. The standard InChI is InChI=1S/C27H30N2/c1-26(2,3)20-13-11-19(12-14-20)25-28-23-9-7-8-10-24(23)29(25)22-17-15-21(16-18-22)27(4,5)6/h7-18H,1-6H3. The van der Waals surface area contributed by atoms with Gasteiger partial charge in [-0.3, -0.25) is 4.57 Å². The van der Waals surface area contributed by atoms with E-state index in [1.54, 1.807) is 0 Å². The van der Waals surface area contributed by atoms with Crippen LogP contribution in [-0.2, 0) is 10.8 Å². The third kappa shape index (κ3) is 3.72. The number of para-hydroxylation sites is 2. The van der Waals surface area contributed by atoms with Gasteiger partial charge < -0.3 is 0 Å². The minimum atomic E-state index is 0.140. The van der Waals surface area contributed by atoms with Gasteiger partial charge in [-0.15, -0.1) is 0 Å². The maximum atomic E-state index is 4.99. The molecule has 0 saturated heterocycles. The molecule has 4 aromatic rings. The molecular weight excluding hydrogens is 352 g/mol. The first kappa shape index (κ1) is 19.4. The van der Waals surface area contributed by atoms with Crippen LogP contribution >= 0.6 is 0 Å². The van der Waals surface area contributed by atoms with Crippen LogP contribution < -0.4 is 0 Å². The molecule has 0 spiro atoms. The van der Waals surface area contributed by atoms with E-state index in [9.17, 15) is 0 Å². The summed E-state index contributed by atoms with van der Waals surface area (Å²) in [7, 11) is 0. The monoisotopic (exact) mass is 382 g/mol. The zero-order valence-electron chi connectivity index (χ0n) is 18.3. The molecule has 2 nitrogen and oxygen atoms in total. The van der Waals surface area contributed by atoms with Crippen molar-refractivity contribution in [1.82, 2.24) is 9.55 Å². The molecular formula is C27H30N2. The van der Waals surface area contributed by atoms with Crippen LogP contribution in [-0.4, -0.2) is 9.55 Å². The van der Waals surface area contributed by atoms with E-state index in [0.717, 1.165) is 28.1 Å². The zero-order chi connectivity index (χ0) is 20.8. The Morgan fingerprint density at radius 3 is 1.69 bits per heavy atom. The number of benzene rings is 3. The van der Waals surface area contributed by atoms with Crippen molar-refractivity contribution in [2.24, 2.45) is 0 Å². The average molecular weight is 383 g/mol. The number of rotatable bonds is 2. The Bertz CT molecular complexity index is 1130. The molecule has 0 amide bonds. The van der Waals surface area contributed by atoms with E-state index in [1.807, 2.05) is 0 Å². The summed E-state index contributed by atoms with van der Waals surface area (Å²) in [4.78, 5) is 4.99. The van der Waals surface area contributed by atoms with E-state index in [-0.39, 0.29) is 10.8 Å². The molecule has 0 fully saturated rings. The minimum absolute atomic E-state index is 0.140. The largest absolute Gasteiger partial charge is 0.292 e. The number of hydrogen-bond donors (Lipinski definition) is 0. The van der Waals surface area contributed by atoms with Crippen molar-refractivity contribution in [1.29, 1.82) is 0 Å². The summed E-state index contributed by atoms with van der Waals surface area (Å²) >= 11 is 0. The van der Waals surface area contributed by atoms with Crippen molar-refractivity contribution in [3.63, 3.8) is 0 Å². The number of imidazole rings is 1. The lowest BCUT2D eigenvalue weighted by Crippen LogP contribution is -2.11. The quantitative estimate of drug-likeness (QED) is 0.356. The number of fused-ring (bicyclic) bond motifs is 1. The highest BCUT2D eigenvalue weighted by atomic mass is 15.1. The van der Waals surface area contributed by atoms with Gasteiger partial charge in [0.1, 0.15) is 5.82 Å². The van der Waals surface area contributed by atoms with E-state index in [1.165, 1.54) is 11.1 Å². The third-order valence-corrected chi connectivity index (χ3v) is 5.56. The molecule has 1 aromatic heterocycles. The molecule has 1 heterocycles. The Balaban J connectivity index is 1.88. The fraction of sp³-hybridized carbons (Fsp3) is 0.296. The molecule has 2 heteroatoms. The Labute approximate surface area is 174 Å².